The van der Waals surface area contributed by atoms with Crippen molar-refractivity contribution in [2.45, 2.75) is 25.8 Å². The summed E-state index contributed by atoms with van der Waals surface area (Å²) in [5.74, 6) is -0.0902. The van der Waals surface area contributed by atoms with Gasteiger partial charge in [0.1, 0.15) is 0 Å². The van der Waals surface area contributed by atoms with Crippen molar-refractivity contribution in [3.63, 3.8) is 0 Å². The summed E-state index contributed by atoms with van der Waals surface area (Å²) in [6.45, 7) is 3.61. The lowest BCUT2D eigenvalue weighted by Crippen LogP contribution is -2.38. The van der Waals surface area contributed by atoms with Crippen LogP contribution in [0.25, 0.3) is 0 Å². The zero-order chi connectivity index (χ0) is 13.1. The van der Waals surface area contributed by atoms with Crippen molar-refractivity contribution in [1.82, 2.24) is 15.2 Å². The molecular formula is C13H20N4O. The van der Waals surface area contributed by atoms with E-state index in [4.69, 9.17) is 5.73 Å². The third kappa shape index (κ3) is 2.79. The van der Waals surface area contributed by atoms with E-state index in [1.54, 1.807) is 12.3 Å². The molecule has 3 N–H and O–H groups in total. The number of hydrogen-bond acceptors (Lipinski definition) is 4. The van der Waals surface area contributed by atoms with Crippen LogP contribution in [0.5, 0.6) is 0 Å². The molecule has 1 unspecified atom stereocenters. The topological polar surface area (TPSA) is 71.2 Å². The van der Waals surface area contributed by atoms with Crippen molar-refractivity contribution in [3.8, 4) is 0 Å². The first kappa shape index (κ1) is 12.8. The predicted octanol–water partition coefficient (Wildman–Crippen LogP) is 0.796. The molecule has 1 saturated heterocycles. The number of carbonyl (C=O) groups is 1. The minimum absolute atomic E-state index is 0.0902. The molecule has 1 amide bonds. The second-order valence-corrected chi connectivity index (χ2v) is 4.89. The zero-order valence-electron chi connectivity index (χ0n) is 10.9. The van der Waals surface area contributed by atoms with Crippen LogP contribution < -0.4 is 11.1 Å². The highest BCUT2D eigenvalue weighted by Crippen LogP contribution is 2.14. The molecule has 0 radical (unpaired) electrons. The number of hydrogen-bond donors (Lipinski definition) is 2. The number of aromatic nitrogens is 1. The molecule has 0 spiro atoms. The normalized spacial score (nSPS) is 20.0. The largest absolute Gasteiger partial charge is 0.397 e. The minimum Gasteiger partial charge on any atom is -0.397 e. The van der Waals surface area contributed by atoms with E-state index >= 15 is 0 Å². The molecule has 1 aromatic heterocycles. The van der Waals surface area contributed by atoms with Crippen molar-refractivity contribution in [2.75, 3.05) is 25.9 Å². The average Bonchev–Trinajstić information content (AvgIpc) is 2.75. The van der Waals surface area contributed by atoms with Crippen molar-refractivity contribution in [3.05, 3.63) is 23.5 Å². The lowest BCUT2D eigenvalue weighted by molar-refractivity contribution is 0.0942. The Morgan fingerprint density at radius 2 is 2.44 bits per heavy atom. The molecule has 18 heavy (non-hydrogen) atoms. The number of amides is 1. The fourth-order valence-electron chi connectivity index (χ4n) is 2.32. The van der Waals surface area contributed by atoms with Gasteiger partial charge in [0.05, 0.1) is 23.1 Å². The molecule has 5 nitrogen and oxygen atoms in total. The number of pyridine rings is 1. The average molecular weight is 248 g/mol. The zero-order valence-corrected chi connectivity index (χ0v) is 10.9. The van der Waals surface area contributed by atoms with Gasteiger partial charge >= 0.3 is 0 Å². The molecule has 5 heteroatoms. The molecule has 1 aromatic rings. The van der Waals surface area contributed by atoms with Crippen LogP contribution >= 0.6 is 0 Å². The van der Waals surface area contributed by atoms with Gasteiger partial charge in [-0.15, -0.1) is 0 Å². The standard InChI is InChI=1S/C13H20N4O/c1-9-12(6-10(14)7-15-9)13(18)16-8-11-4-3-5-17(11)2/h6-7,11H,3-5,8,14H2,1-2H3,(H,16,18). The highest BCUT2D eigenvalue weighted by molar-refractivity contribution is 5.95. The van der Waals surface area contributed by atoms with Crippen LogP contribution in [0, 0.1) is 6.92 Å². The van der Waals surface area contributed by atoms with Crippen molar-refractivity contribution < 1.29 is 4.79 Å². The highest BCUT2D eigenvalue weighted by Gasteiger charge is 2.21. The number of nitrogen functional groups attached to an aromatic ring is 1. The van der Waals surface area contributed by atoms with Crippen LogP contribution in [0.1, 0.15) is 28.9 Å². The predicted molar refractivity (Wildman–Crippen MR) is 71.4 cm³/mol. The third-order valence-corrected chi connectivity index (χ3v) is 3.52. The lowest BCUT2D eigenvalue weighted by atomic mass is 10.1. The molecule has 2 heterocycles. The van der Waals surface area contributed by atoms with Gasteiger partial charge in [0.25, 0.3) is 5.91 Å². The lowest BCUT2D eigenvalue weighted by Gasteiger charge is -2.19. The Hall–Kier alpha value is -1.62. The number of carbonyl (C=O) groups excluding carboxylic acids is 1. The number of aryl methyl sites for hydroxylation is 1. The third-order valence-electron chi connectivity index (χ3n) is 3.52. The number of likely N-dealkylation sites (tertiary alicyclic amines) is 1. The van der Waals surface area contributed by atoms with E-state index in [1.807, 2.05) is 6.92 Å². The first-order valence-electron chi connectivity index (χ1n) is 6.28. The summed E-state index contributed by atoms with van der Waals surface area (Å²) in [7, 11) is 2.09. The number of nitrogens with zero attached hydrogens (tertiary/aromatic N) is 2. The molecular weight excluding hydrogens is 228 g/mol. The van der Waals surface area contributed by atoms with Crippen LogP contribution in [-0.2, 0) is 0 Å². The van der Waals surface area contributed by atoms with Crippen molar-refractivity contribution >= 4 is 11.6 Å². The van der Waals surface area contributed by atoms with Gasteiger partial charge in [0.2, 0.25) is 0 Å². The quantitative estimate of drug-likeness (QED) is 0.830. The van der Waals surface area contributed by atoms with Gasteiger partial charge in [-0.2, -0.15) is 0 Å². The summed E-state index contributed by atoms with van der Waals surface area (Å²) in [5.41, 5.74) is 7.45. The van der Waals surface area contributed by atoms with Gasteiger partial charge < -0.3 is 16.0 Å². The molecule has 2 rings (SSSR count). The van der Waals surface area contributed by atoms with E-state index < -0.39 is 0 Å². The second kappa shape index (κ2) is 5.35. The van der Waals surface area contributed by atoms with Crippen LogP contribution in [0.2, 0.25) is 0 Å². The monoisotopic (exact) mass is 248 g/mol. The molecule has 1 fully saturated rings. The van der Waals surface area contributed by atoms with E-state index in [0.717, 1.165) is 13.0 Å². The molecule has 1 aliphatic rings. The van der Waals surface area contributed by atoms with E-state index in [1.165, 1.54) is 6.42 Å². The summed E-state index contributed by atoms with van der Waals surface area (Å²) >= 11 is 0. The SMILES string of the molecule is Cc1ncc(N)cc1C(=O)NCC1CCCN1C. The van der Waals surface area contributed by atoms with Gasteiger partial charge in [0, 0.05) is 12.6 Å². The van der Waals surface area contributed by atoms with E-state index in [2.05, 4.69) is 22.2 Å². The second-order valence-electron chi connectivity index (χ2n) is 4.89. The van der Waals surface area contributed by atoms with E-state index in [0.29, 0.717) is 29.5 Å². The summed E-state index contributed by atoms with van der Waals surface area (Å²) in [4.78, 5) is 18.4. The molecule has 0 bridgehead atoms. The van der Waals surface area contributed by atoms with Crippen LogP contribution in [0.3, 0.4) is 0 Å². The fourth-order valence-corrected chi connectivity index (χ4v) is 2.32. The number of anilines is 1. The maximum absolute atomic E-state index is 12.1. The summed E-state index contributed by atoms with van der Waals surface area (Å²) in [6, 6.07) is 2.12. The Labute approximate surface area is 107 Å². The summed E-state index contributed by atoms with van der Waals surface area (Å²) in [5, 5.41) is 2.96. The maximum Gasteiger partial charge on any atom is 0.253 e. The van der Waals surface area contributed by atoms with E-state index in [9.17, 15) is 4.79 Å². The van der Waals surface area contributed by atoms with E-state index in [-0.39, 0.29) is 5.91 Å². The minimum atomic E-state index is -0.0902. The van der Waals surface area contributed by atoms with Gasteiger partial charge in [-0.25, -0.2) is 0 Å². The fraction of sp³-hybridized carbons (Fsp3) is 0.538. The highest BCUT2D eigenvalue weighted by atomic mass is 16.1. The Kier molecular flexibility index (Phi) is 3.81. The van der Waals surface area contributed by atoms with Crippen molar-refractivity contribution in [1.29, 1.82) is 0 Å². The van der Waals surface area contributed by atoms with Crippen molar-refractivity contribution in [2.24, 2.45) is 0 Å². The number of likely N-dealkylation sites (N-methyl/N-ethyl adjacent to an activating group) is 1. The molecule has 1 atom stereocenters. The number of rotatable bonds is 3. The summed E-state index contributed by atoms with van der Waals surface area (Å²) < 4.78 is 0. The van der Waals surface area contributed by atoms with Crippen LogP contribution in [0.4, 0.5) is 5.69 Å². The van der Waals surface area contributed by atoms with Crippen LogP contribution in [0.15, 0.2) is 12.3 Å². The summed E-state index contributed by atoms with van der Waals surface area (Å²) in [6.07, 6.45) is 3.91. The maximum atomic E-state index is 12.1. The molecule has 1 aliphatic heterocycles. The first-order valence-corrected chi connectivity index (χ1v) is 6.28. The Morgan fingerprint density at radius 3 is 3.11 bits per heavy atom. The Morgan fingerprint density at radius 1 is 1.67 bits per heavy atom. The Balaban J connectivity index is 1.97. The molecule has 98 valence electrons. The van der Waals surface area contributed by atoms with Gasteiger partial charge in [0.15, 0.2) is 0 Å². The molecule has 0 saturated carbocycles. The van der Waals surface area contributed by atoms with Gasteiger partial charge in [-0.3, -0.25) is 9.78 Å². The number of nitrogens with two attached hydrogens (primary N) is 1. The van der Waals surface area contributed by atoms with Crippen LogP contribution in [-0.4, -0.2) is 42.0 Å². The molecule has 0 aliphatic carbocycles. The van der Waals surface area contributed by atoms with Gasteiger partial charge in [-0.1, -0.05) is 0 Å². The molecule has 0 aromatic carbocycles. The first-order chi connectivity index (χ1) is 8.58. The van der Waals surface area contributed by atoms with Gasteiger partial charge in [-0.05, 0) is 39.4 Å². The smallest absolute Gasteiger partial charge is 0.253 e. The number of nitrogens with one attached hydrogen (secondary N) is 1. The Bertz CT molecular complexity index is 447.